The van der Waals surface area contributed by atoms with Crippen molar-refractivity contribution in [3.05, 3.63) is 36.2 Å². The van der Waals surface area contributed by atoms with Gasteiger partial charge in [-0.25, -0.2) is 17.5 Å². The van der Waals surface area contributed by atoms with Gasteiger partial charge in [0.25, 0.3) is 0 Å². The van der Waals surface area contributed by atoms with Crippen molar-refractivity contribution < 1.29 is 12.8 Å². The van der Waals surface area contributed by atoms with Gasteiger partial charge in [0.15, 0.2) is 0 Å². The molecular weight excluding hydrogens is 285 g/mol. The Hall–Kier alpha value is -2.00. The summed E-state index contributed by atoms with van der Waals surface area (Å²) in [5.41, 5.74) is 5.39. The molecule has 108 valence electrons. The minimum absolute atomic E-state index is 0.150. The van der Waals surface area contributed by atoms with Crippen LogP contribution in [-0.4, -0.2) is 23.2 Å². The number of nitrogens with two attached hydrogens (primary N) is 1. The van der Waals surface area contributed by atoms with Crippen LogP contribution >= 0.6 is 0 Å². The van der Waals surface area contributed by atoms with E-state index >= 15 is 0 Å². The fourth-order valence-corrected chi connectivity index (χ4v) is 3.23. The molecule has 0 aliphatic heterocycles. The molecule has 1 aromatic heterocycles. The molecule has 0 fully saturated rings. The van der Waals surface area contributed by atoms with E-state index < -0.39 is 26.8 Å². The lowest BCUT2D eigenvalue weighted by molar-refractivity contribution is 0.539. The fraction of sp³-hybridized carbons (Fsp3) is 0.273. The van der Waals surface area contributed by atoms with Crippen LogP contribution in [0.2, 0.25) is 0 Å². The van der Waals surface area contributed by atoms with Gasteiger partial charge in [-0.3, -0.25) is 0 Å². The smallest absolute Gasteiger partial charge is 0.246 e. The Morgan fingerprint density at radius 3 is 2.70 bits per heavy atom. The van der Waals surface area contributed by atoms with Crippen molar-refractivity contribution in [1.82, 2.24) is 19.5 Å². The van der Waals surface area contributed by atoms with Crippen LogP contribution in [0, 0.1) is 5.82 Å². The summed E-state index contributed by atoms with van der Waals surface area (Å²) in [6.45, 7) is 1.58. The summed E-state index contributed by atoms with van der Waals surface area (Å²) < 4.78 is 42.0. The molecule has 0 aliphatic carbocycles. The lowest BCUT2D eigenvalue weighted by atomic mass is 10.3. The van der Waals surface area contributed by atoms with E-state index in [0.29, 0.717) is 5.82 Å². The Balaban J connectivity index is 2.35. The van der Waals surface area contributed by atoms with Gasteiger partial charge in [0.1, 0.15) is 22.9 Å². The van der Waals surface area contributed by atoms with Gasteiger partial charge in [-0.1, -0.05) is 6.07 Å². The van der Waals surface area contributed by atoms with Crippen LogP contribution in [-0.2, 0) is 17.1 Å². The zero-order valence-corrected chi connectivity index (χ0v) is 11.7. The van der Waals surface area contributed by atoms with E-state index in [0.717, 1.165) is 6.07 Å². The number of hydrogen-bond acceptors (Lipinski definition) is 5. The van der Waals surface area contributed by atoms with Crippen LogP contribution in [0.3, 0.4) is 0 Å². The minimum atomic E-state index is -4.09. The van der Waals surface area contributed by atoms with E-state index in [4.69, 9.17) is 5.73 Å². The third-order valence-electron chi connectivity index (χ3n) is 2.73. The number of benzene rings is 1. The quantitative estimate of drug-likeness (QED) is 0.804. The molecule has 0 saturated carbocycles. The molecule has 0 amide bonds. The Morgan fingerprint density at radius 1 is 1.45 bits per heavy atom. The van der Waals surface area contributed by atoms with Crippen molar-refractivity contribution in [2.75, 3.05) is 5.73 Å². The van der Waals surface area contributed by atoms with E-state index in [1.807, 2.05) is 0 Å². The number of nitrogen functional groups attached to an aromatic ring is 1. The number of aryl methyl sites for hydroxylation is 1. The third-order valence-corrected chi connectivity index (χ3v) is 4.36. The summed E-state index contributed by atoms with van der Waals surface area (Å²) in [6, 6.07) is 3.03. The molecule has 20 heavy (non-hydrogen) atoms. The molecule has 7 nitrogen and oxygen atoms in total. The molecule has 0 bridgehead atoms. The fourth-order valence-electron chi connectivity index (χ4n) is 1.84. The predicted molar refractivity (Wildman–Crippen MR) is 70.6 cm³/mol. The Bertz CT molecular complexity index is 708. The van der Waals surface area contributed by atoms with E-state index in [-0.39, 0.29) is 5.69 Å². The standard InChI is InChI=1S/C11H14FN5O2S/c1-7(11-15-14-6-17(11)2)16-20(18,19)10-8(12)4-3-5-9(10)13/h3-7,16H,13H2,1-2H3. The maximum absolute atomic E-state index is 13.7. The zero-order chi connectivity index (χ0) is 14.9. The summed E-state index contributed by atoms with van der Waals surface area (Å²) in [7, 11) is -2.42. The van der Waals surface area contributed by atoms with Crippen LogP contribution in [0.15, 0.2) is 29.4 Å². The Labute approximate surface area is 115 Å². The van der Waals surface area contributed by atoms with E-state index in [1.165, 1.54) is 18.5 Å². The van der Waals surface area contributed by atoms with Gasteiger partial charge in [0.2, 0.25) is 10.0 Å². The predicted octanol–water partition coefficient (Wildman–Crippen LogP) is 0.576. The number of aromatic nitrogens is 3. The van der Waals surface area contributed by atoms with Crippen molar-refractivity contribution in [1.29, 1.82) is 0 Å². The highest BCUT2D eigenvalue weighted by molar-refractivity contribution is 7.89. The molecule has 2 rings (SSSR count). The number of rotatable bonds is 4. The number of nitrogens with one attached hydrogen (secondary N) is 1. The summed E-state index contributed by atoms with van der Waals surface area (Å²) in [4.78, 5) is -0.561. The number of nitrogens with zero attached hydrogens (tertiary/aromatic N) is 3. The van der Waals surface area contributed by atoms with Crippen molar-refractivity contribution in [2.45, 2.75) is 17.9 Å². The first-order valence-corrected chi connectivity index (χ1v) is 7.21. The number of hydrogen-bond donors (Lipinski definition) is 2. The Kier molecular flexibility index (Phi) is 3.73. The topological polar surface area (TPSA) is 103 Å². The van der Waals surface area contributed by atoms with Crippen LogP contribution in [0.5, 0.6) is 0 Å². The first kappa shape index (κ1) is 14.4. The molecule has 1 aromatic carbocycles. The average Bonchev–Trinajstić information content (AvgIpc) is 2.74. The van der Waals surface area contributed by atoms with Crippen molar-refractivity contribution in [2.24, 2.45) is 7.05 Å². The SMILES string of the molecule is CC(NS(=O)(=O)c1c(N)cccc1F)c1nncn1C. The highest BCUT2D eigenvalue weighted by Gasteiger charge is 2.26. The summed E-state index contributed by atoms with van der Waals surface area (Å²) in [6.07, 6.45) is 1.44. The summed E-state index contributed by atoms with van der Waals surface area (Å²) >= 11 is 0. The maximum atomic E-state index is 13.7. The largest absolute Gasteiger partial charge is 0.398 e. The molecule has 1 unspecified atom stereocenters. The molecule has 0 spiro atoms. The van der Waals surface area contributed by atoms with Crippen LogP contribution in [0.1, 0.15) is 18.8 Å². The molecule has 0 aliphatic rings. The zero-order valence-electron chi connectivity index (χ0n) is 10.9. The van der Waals surface area contributed by atoms with Gasteiger partial charge < -0.3 is 10.3 Å². The maximum Gasteiger partial charge on any atom is 0.246 e. The summed E-state index contributed by atoms with van der Waals surface area (Å²) in [5, 5.41) is 7.46. The first-order chi connectivity index (χ1) is 9.33. The normalized spacial score (nSPS) is 13.3. The van der Waals surface area contributed by atoms with E-state index in [1.54, 1.807) is 18.5 Å². The number of anilines is 1. The minimum Gasteiger partial charge on any atom is -0.398 e. The van der Waals surface area contributed by atoms with Gasteiger partial charge in [-0.15, -0.1) is 10.2 Å². The van der Waals surface area contributed by atoms with Crippen molar-refractivity contribution in [3.8, 4) is 0 Å². The number of halogens is 1. The lowest BCUT2D eigenvalue weighted by Gasteiger charge is -2.14. The van der Waals surface area contributed by atoms with Crippen molar-refractivity contribution in [3.63, 3.8) is 0 Å². The van der Waals surface area contributed by atoms with Gasteiger partial charge in [0, 0.05) is 7.05 Å². The van der Waals surface area contributed by atoms with Gasteiger partial charge in [0.05, 0.1) is 11.7 Å². The molecular formula is C11H14FN5O2S. The molecule has 3 N–H and O–H groups in total. The van der Waals surface area contributed by atoms with Crippen LogP contribution < -0.4 is 10.5 Å². The van der Waals surface area contributed by atoms with Gasteiger partial charge in [-0.05, 0) is 19.1 Å². The second-order valence-corrected chi connectivity index (χ2v) is 5.95. The van der Waals surface area contributed by atoms with Crippen molar-refractivity contribution >= 4 is 15.7 Å². The third kappa shape index (κ3) is 2.63. The molecule has 0 radical (unpaired) electrons. The van der Waals surface area contributed by atoms with Gasteiger partial charge in [-0.2, -0.15) is 0 Å². The Morgan fingerprint density at radius 2 is 2.15 bits per heavy atom. The molecule has 2 aromatic rings. The number of sulfonamides is 1. The molecule has 9 heteroatoms. The van der Waals surface area contributed by atoms with E-state index in [9.17, 15) is 12.8 Å². The molecule has 0 saturated heterocycles. The first-order valence-electron chi connectivity index (χ1n) is 5.73. The molecule has 1 atom stereocenters. The molecule has 1 heterocycles. The van der Waals surface area contributed by atoms with Gasteiger partial charge >= 0.3 is 0 Å². The van der Waals surface area contributed by atoms with E-state index in [2.05, 4.69) is 14.9 Å². The monoisotopic (exact) mass is 299 g/mol. The summed E-state index contributed by atoms with van der Waals surface area (Å²) in [5.74, 6) is -0.494. The second kappa shape index (κ2) is 5.17. The second-order valence-electron chi connectivity index (χ2n) is 4.30. The van der Waals surface area contributed by atoms with Crippen LogP contribution in [0.4, 0.5) is 10.1 Å². The highest BCUT2D eigenvalue weighted by atomic mass is 32.2. The average molecular weight is 299 g/mol. The van der Waals surface area contributed by atoms with Crippen LogP contribution in [0.25, 0.3) is 0 Å². The lowest BCUT2D eigenvalue weighted by Crippen LogP contribution is -2.29. The highest BCUT2D eigenvalue weighted by Crippen LogP contribution is 2.23.